The van der Waals surface area contributed by atoms with E-state index in [0.29, 0.717) is 23.7 Å². The summed E-state index contributed by atoms with van der Waals surface area (Å²) < 4.78 is 28.8. The van der Waals surface area contributed by atoms with E-state index in [1.807, 2.05) is 51.1 Å². The summed E-state index contributed by atoms with van der Waals surface area (Å²) in [4.78, 5) is 28.7. The average Bonchev–Trinajstić information content (AvgIpc) is 2.93. The van der Waals surface area contributed by atoms with Gasteiger partial charge in [0.25, 0.3) is 10.0 Å². The highest BCUT2D eigenvalue weighted by molar-refractivity contribution is 7.92. The van der Waals surface area contributed by atoms with Gasteiger partial charge in [-0.25, -0.2) is 8.42 Å². The first kappa shape index (κ1) is 30.2. The van der Waals surface area contributed by atoms with Crippen LogP contribution in [0, 0.1) is 6.92 Å². The van der Waals surface area contributed by atoms with Crippen LogP contribution in [-0.4, -0.2) is 44.3 Å². The number of halogens is 1. The number of aryl methyl sites for hydroxylation is 1. The summed E-state index contributed by atoms with van der Waals surface area (Å²) in [6.45, 7) is 5.94. The van der Waals surface area contributed by atoms with Crippen molar-refractivity contribution in [1.29, 1.82) is 0 Å². The molecule has 1 unspecified atom stereocenters. The second kappa shape index (κ2) is 14.1. The van der Waals surface area contributed by atoms with Gasteiger partial charge in [-0.05, 0) is 61.7 Å². The highest BCUT2D eigenvalue weighted by Gasteiger charge is 2.33. The molecule has 9 heteroatoms. The standard InChI is InChI=1S/C30H36ClN3O4S/c1-4-6-20-32-30(36)28(5-2)33(21-24-10-8-7-9-11-24)29(35)22-34(26-16-14-25(31)15-17-26)39(37,38)27-18-12-23(3)13-19-27/h7-19,28H,4-6,20-22H2,1-3H3,(H,32,36). The Hall–Kier alpha value is -3.36. The van der Waals surface area contributed by atoms with Crippen LogP contribution in [0.5, 0.6) is 0 Å². The fourth-order valence-corrected chi connectivity index (χ4v) is 5.72. The van der Waals surface area contributed by atoms with Crippen molar-refractivity contribution in [2.75, 3.05) is 17.4 Å². The molecule has 0 heterocycles. The number of sulfonamides is 1. The number of hydrogen-bond acceptors (Lipinski definition) is 4. The van der Waals surface area contributed by atoms with E-state index in [1.54, 1.807) is 36.4 Å². The van der Waals surface area contributed by atoms with Gasteiger partial charge in [0.2, 0.25) is 11.8 Å². The minimum atomic E-state index is -4.11. The molecule has 1 N–H and O–H groups in total. The largest absolute Gasteiger partial charge is 0.354 e. The van der Waals surface area contributed by atoms with Crippen molar-refractivity contribution in [2.24, 2.45) is 0 Å². The Morgan fingerprint density at radius 1 is 0.923 bits per heavy atom. The maximum absolute atomic E-state index is 14.0. The third kappa shape index (κ3) is 8.07. The Labute approximate surface area is 236 Å². The van der Waals surface area contributed by atoms with E-state index in [4.69, 9.17) is 11.6 Å². The third-order valence-corrected chi connectivity index (χ3v) is 8.45. The molecule has 0 spiro atoms. The maximum atomic E-state index is 14.0. The molecule has 0 saturated carbocycles. The molecule has 0 bridgehead atoms. The zero-order chi connectivity index (χ0) is 28.4. The lowest BCUT2D eigenvalue weighted by Crippen LogP contribution is -2.52. The number of amides is 2. The zero-order valence-corrected chi connectivity index (χ0v) is 24.2. The van der Waals surface area contributed by atoms with Gasteiger partial charge in [-0.15, -0.1) is 0 Å². The van der Waals surface area contributed by atoms with E-state index in [9.17, 15) is 18.0 Å². The van der Waals surface area contributed by atoms with Crippen molar-refractivity contribution in [1.82, 2.24) is 10.2 Å². The van der Waals surface area contributed by atoms with Gasteiger partial charge in [0.05, 0.1) is 10.6 Å². The normalized spacial score (nSPS) is 12.0. The minimum Gasteiger partial charge on any atom is -0.354 e. The topological polar surface area (TPSA) is 86.8 Å². The molecule has 0 aliphatic rings. The Bertz CT molecular complexity index is 1330. The first-order valence-electron chi connectivity index (χ1n) is 13.1. The lowest BCUT2D eigenvalue weighted by Gasteiger charge is -2.33. The summed E-state index contributed by atoms with van der Waals surface area (Å²) in [5, 5.41) is 3.37. The molecule has 2 amide bonds. The molecule has 3 aromatic carbocycles. The summed E-state index contributed by atoms with van der Waals surface area (Å²) in [5.41, 5.74) is 2.05. The molecule has 7 nitrogen and oxygen atoms in total. The minimum absolute atomic E-state index is 0.0646. The number of rotatable bonds is 13. The molecule has 1 atom stereocenters. The number of hydrogen-bond donors (Lipinski definition) is 1. The van der Waals surface area contributed by atoms with Crippen LogP contribution in [0.2, 0.25) is 5.02 Å². The van der Waals surface area contributed by atoms with E-state index >= 15 is 0 Å². The Balaban J connectivity index is 2.01. The van der Waals surface area contributed by atoms with Crippen LogP contribution in [0.3, 0.4) is 0 Å². The van der Waals surface area contributed by atoms with Crippen LogP contribution in [0.25, 0.3) is 0 Å². The third-order valence-electron chi connectivity index (χ3n) is 6.41. The van der Waals surface area contributed by atoms with Gasteiger partial charge in [0.1, 0.15) is 12.6 Å². The number of carbonyl (C=O) groups is 2. The summed E-state index contributed by atoms with van der Waals surface area (Å²) >= 11 is 6.07. The van der Waals surface area contributed by atoms with Gasteiger partial charge in [0, 0.05) is 18.1 Å². The number of unbranched alkanes of at least 4 members (excludes halogenated alkanes) is 1. The fourth-order valence-electron chi connectivity index (χ4n) is 4.18. The van der Waals surface area contributed by atoms with Gasteiger partial charge in [0.15, 0.2) is 0 Å². The predicted octanol–water partition coefficient (Wildman–Crippen LogP) is 5.57. The predicted molar refractivity (Wildman–Crippen MR) is 156 cm³/mol. The lowest BCUT2D eigenvalue weighted by atomic mass is 10.1. The first-order chi connectivity index (χ1) is 18.7. The van der Waals surface area contributed by atoms with E-state index < -0.39 is 28.5 Å². The molecule has 3 aromatic rings. The highest BCUT2D eigenvalue weighted by Crippen LogP contribution is 2.26. The van der Waals surface area contributed by atoms with Gasteiger partial charge >= 0.3 is 0 Å². The van der Waals surface area contributed by atoms with Crippen molar-refractivity contribution in [3.63, 3.8) is 0 Å². The molecule has 39 heavy (non-hydrogen) atoms. The Kier molecular flexibility index (Phi) is 10.9. The fraction of sp³-hybridized carbons (Fsp3) is 0.333. The molecule has 0 aliphatic heterocycles. The smallest absolute Gasteiger partial charge is 0.264 e. The lowest BCUT2D eigenvalue weighted by molar-refractivity contribution is -0.140. The second-order valence-corrected chi connectivity index (χ2v) is 11.7. The van der Waals surface area contributed by atoms with Crippen molar-refractivity contribution >= 4 is 39.1 Å². The van der Waals surface area contributed by atoms with Crippen LogP contribution in [0.4, 0.5) is 5.69 Å². The van der Waals surface area contributed by atoms with E-state index in [1.165, 1.54) is 17.0 Å². The number of nitrogens with one attached hydrogen (secondary N) is 1. The average molecular weight is 570 g/mol. The molecule has 208 valence electrons. The SMILES string of the molecule is CCCCNC(=O)C(CC)N(Cc1ccccc1)C(=O)CN(c1ccc(Cl)cc1)S(=O)(=O)c1ccc(C)cc1. The number of benzene rings is 3. The Morgan fingerprint density at radius 2 is 1.56 bits per heavy atom. The summed E-state index contributed by atoms with van der Waals surface area (Å²) in [6.07, 6.45) is 2.13. The van der Waals surface area contributed by atoms with Crippen molar-refractivity contribution in [3.05, 3.63) is 95.0 Å². The van der Waals surface area contributed by atoms with Crippen LogP contribution in [-0.2, 0) is 26.2 Å². The molecular weight excluding hydrogens is 534 g/mol. The van der Waals surface area contributed by atoms with Crippen molar-refractivity contribution < 1.29 is 18.0 Å². The maximum Gasteiger partial charge on any atom is 0.264 e. The molecule has 0 aromatic heterocycles. The number of nitrogens with zero attached hydrogens (tertiary/aromatic N) is 2. The summed E-state index contributed by atoms with van der Waals surface area (Å²) in [7, 11) is -4.11. The number of carbonyl (C=O) groups excluding carboxylic acids is 2. The van der Waals surface area contributed by atoms with Crippen molar-refractivity contribution in [2.45, 2.75) is 57.5 Å². The first-order valence-corrected chi connectivity index (χ1v) is 14.9. The van der Waals surface area contributed by atoms with Gasteiger partial charge in [-0.3, -0.25) is 13.9 Å². The second-order valence-electron chi connectivity index (χ2n) is 9.38. The molecular formula is C30H36ClN3O4S. The highest BCUT2D eigenvalue weighted by atomic mass is 35.5. The van der Waals surface area contributed by atoms with E-state index in [2.05, 4.69) is 5.32 Å². The quantitative estimate of drug-likeness (QED) is 0.273. The van der Waals surface area contributed by atoms with E-state index in [-0.39, 0.29) is 17.3 Å². The summed E-state index contributed by atoms with van der Waals surface area (Å²) in [5.74, 6) is -0.739. The number of anilines is 1. The van der Waals surface area contributed by atoms with Gasteiger partial charge < -0.3 is 10.2 Å². The van der Waals surface area contributed by atoms with Crippen LogP contribution in [0.15, 0.2) is 83.8 Å². The molecule has 3 rings (SSSR count). The zero-order valence-electron chi connectivity index (χ0n) is 22.6. The molecule has 0 aliphatic carbocycles. The van der Waals surface area contributed by atoms with Gasteiger partial charge in [-0.1, -0.05) is 79.9 Å². The van der Waals surface area contributed by atoms with Crippen LogP contribution in [0.1, 0.15) is 44.2 Å². The van der Waals surface area contributed by atoms with Crippen molar-refractivity contribution in [3.8, 4) is 0 Å². The van der Waals surface area contributed by atoms with Gasteiger partial charge in [-0.2, -0.15) is 0 Å². The molecule has 0 fully saturated rings. The monoisotopic (exact) mass is 569 g/mol. The van der Waals surface area contributed by atoms with Crippen LogP contribution >= 0.6 is 11.6 Å². The molecule has 0 radical (unpaired) electrons. The molecule has 0 saturated heterocycles. The summed E-state index contributed by atoms with van der Waals surface area (Å²) in [6, 6.07) is 21.4. The van der Waals surface area contributed by atoms with Crippen LogP contribution < -0.4 is 9.62 Å². The Morgan fingerprint density at radius 3 is 2.15 bits per heavy atom. The van der Waals surface area contributed by atoms with E-state index in [0.717, 1.165) is 28.3 Å².